The molecule has 4 nitrogen and oxygen atoms in total. The number of halogens is 1. The number of nitrogens with one attached hydrogen (secondary N) is 1. The molecule has 0 aliphatic rings. The maximum Gasteiger partial charge on any atom is 0.220 e. The van der Waals surface area contributed by atoms with Crippen LogP contribution in [0.1, 0.15) is 18.9 Å². The topological polar surface area (TPSA) is 47.6 Å². The van der Waals surface area contributed by atoms with Crippen LogP contribution in [0.5, 0.6) is 5.75 Å². The van der Waals surface area contributed by atoms with Gasteiger partial charge in [0.05, 0.1) is 24.8 Å². The molecular weight excluding hydrogens is 334 g/mol. The highest BCUT2D eigenvalue weighted by Gasteiger charge is 2.05. The fourth-order valence-corrected chi connectivity index (χ4v) is 2.31. The van der Waals surface area contributed by atoms with E-state index in [1.807, 2.05) is 25.1 Å². The number of hydrogen-bond donors (Lipinski definition) is 1. The first-order chi connectivity index (χ1) is 10.0. The quantitative estimate of drug-likeness (QED) is 0.546. The number of hydrogen-bond acceptors (Lipinski definition) is 3. The van der Waals surface area contributed by atoms with Crippen LogP contribution in [0.25, 0.3) is 0 Å². The van der Waals surface area contributed by atoms with Crippen LogP contribution < -0.4 is 10.1 Å². The van der Waals surface area contributed by atoms with E-state index in [0.29, 0.717) is 32.6 Å². The van der Waals surface area contributed by atoms with Gasteiger partial charge >= 0.3 is 0 Å². The number of ether oxygens (including phenoxy) is 2. The average Bonchev–Trinajstić information content (AvgIpc) is 2.44. The van der Waals surface area contributed by atoms with E-state index >= 15 is 0 Å². The highest BCUT2D eigenvalue weighted by Crippen LogP contribution is 2.25. The first-order valence-corrected chi connectivity index (χ1v) is 7.63. The molecule has 0 fully saturated rings. The number of benzene rings is 1. The normalized spacial score (nSPS) is 10.2. The molecule has 0 bridgehead atoms. The third-order valence-corrected chi connectivity index (χ3v) is 3.39. The lowest BCUT2D eigenvalue weighted by atomic mass is 10.1. The van der Waals surface area contributed by atoms with Gasteiger partial charge in [0.2, 0.25) is 5.91 Å². The number of carbonyl (C=O) groups is 1. The van der Waals surface area contributed by atoms with Crippen LogP contribution in [0.2, 0.25) is 0 Å². The molecule has 0 saturated heterocycles. The molecule has 1 rings (SSSR count). The van der Waals surface area contributed by atoms with Crippen LogP contribution in [0.4, 0.5) is 0 Å². The zero-order valence-electron chi connectivity index (χ0n) is 12.6. The molecule has 5 heteroatoms. The lowest BCUT2D eigenvalue weighted by Gasteiger charge is -2.08. The van der Waals surface area contributed by atoms with Crippen molar-refractivity contribution in [2.24, 2.45) is 0 Å². The molecule has 0 atom stereocenters. The molecule has 0 spiro atoms. The summed E-state index contributed by atoms with van der Waals surface area (Å²) >= 11 is 3.44. The molecule has 0 unspecified atom stereocenters. The van der Waals surface area contributed by atoms with Gasteiger partial charge in [0.15, 0.2) is 0 Å². The predicted molar refractivity (Wildman–Crippen MR) is 87.7 cm³/mol. The van der Waals surface area contributed by atoms with Crippen molar-refractivity contribution < 1.29 is 14.3 Å². The molecule has 0 heterocycles. The second kappa shape index (κ2) is 9.58. The minimum atomic E-state index is 0.0286. The largest absolute Gasteiger partial charge is 0.496 e. The maximum atomic E-state index is 11.7. The van der Waals surface area contributed by atoms with Crippen LogP contribution in [0, 0.1) is 0 Å². The molecule has 1 aromatic carbocycles. The lowest BCUT2D eigenvalue weighted by Crippen LogP contribution is -2.27. The van der Waals surface area contributed by atoms with Gasteiger partial charge in [-0.25, -0.2) is 0 Å². The Bertz CT molecular complexity index is 488. The smallest absolute Gasteiger partial charge is 0.220 e. The fraction of sp³-hybridized carbons (Fsp3) is 0.438. The Morgan fingerprint density at radius 2 is 2.19 bits per heavy atom. The van der Waals surface area contributed by atoms with Crippen molar-refractivity contribution in [3.05, 3.63) is 40.4 Å². The average molecular weight is 356 g/mol. The maximum absolute atomic E-state index is 11.7. The highest BCUT2D eigenvalue weighted by molar-refractivity contribution is 9.10. The van der Waals surface area contributed by atoms with Crippen molar-refractivity contribution in [3.8, 4) is 5.75 Å². The van der Waals surface area contributed by atoms with Gasteiger partial charge in [-0.3, -0.25) is 4.79 Å². The Hall–Kier alpha value is -1.33. The molecule has 1 N–H and O–H groups in total. The van der Waals surface area contributed by atoms with Crippen LogP contribution in [0.15, 0.2) is 34.8 Å². The summed E-state index contributed by atoms with van der Waals surface area (Å²) in [5, 5.41) is 2.83. The summed E-state index contributed by atoms with van der Waals surface area (Å²) in [6, 6.07) is 5.83. The second-order valence-electron chi connectivity index (χ2n) is 4.83. The van der Waals surface area contributed by atoms with Crippen LogP contribution >= 0.6 is 15.9 Å². The summed E-state index contributed by atoms with van der Waals surface area (Å²) in [4.78, 5) is 11.7. The van der Waals surface area contributed by atoms with E-state index in [0.717, 1.165) is 21.4 Å². The molecule has 1 amide bonds. The van der Waals surface area contributed by atoms with Crippen molar-refractivity contribution >= 4 is 21.8 Å². The standard InChI is InChI=1S/C16H22BrNO3/c1-12(2)11-21-9-8-18-16(19)7-5-13-4-6-15(20-3)14(17)10-13/h4,6,10H,1,5,7-9,11H2,2-3H3,(H,18,19). The molecule has 0 aromatic heterocycles. The Kier molecular flexibility index (Phi) is 8.08. The van der Waals surface area contributed by atoms with Gasteiger partial charge in [0.1, 0.15) is 5.75 Å². The Morgan fingerprint density at radius 1 is 1.43 bits per heavy atom. The van der Waals surface area contributed by atoms with Crippen LogP contribution in [0.3, 0.4) is 0 Å². The van der Waals surface area contributed by atoms with Crippen molar-refractivity contribution in [1.29, 1.82) is 0 Å². The summed E-state index contributed by atoms with van der Waals surface area (Å²) in [6.07, 6.45) is 1.15. The molecule has 0 saturated carbocycles. The molecule has 0 aliphatic heterocycles. The van der Waals surface area contributed by atoms with Crippen molar-refractivity contribution in [2.75, 3.05) is 26.9 Å². The third-order valence-electron chi connectivity index (χ3n) is 2.77. The van der Waals surface area contributed by atoms with E-state index in [2.05, 4.69) is 27.8 Å². The first kappa shape index (κ1) is 17.7. The summed E-state index contributed by atoms with van der Waals surface area (Å²) in [5.41, 5.74) is 2.07. The number of carbonyl (C=O) groups excluding carboxylic acids is 1. The zero-order valence-corrected chi connectivity index (χ0v) is 14.2. The van der Waals surface area contributed by atoms with Gasteiger partial charge in [0.25, 0.3) is 0 Å². The van der Waals surface area contributed by atoms with E-state index in [4.69, 9.17) is 9.47 Å². The second-order valence-corrected chi connectivity index (χ2v) is 5.68. The number of amides is 1. The lowest BCUT2D eigenvalue weighted by molar-refractivity contribution is -0.121. The van der Waals surface area contributed by atoms with Gasteiger partial charge in [-0.15, -0.1) is 0 Å². The summed E-state index contributed by atoms with van der Waals surface area (Å²) in [5.74, 6) is 0.818. The highest BCUT2D eigenvalue weighted by atomic mass is 79.9. The molecule has 0 radical (unpaired) electrons. The van der Waals surface area contributed by atoms with Crippen LogP contribution in [-0.2, 0) is 16.0 Å². The van der Waals surface area contributed by atoms with Crippen molar-refractivity contribution in [2.45, 2.75) is 19.8 Å². The Labute approximate surface area is 134 Å². The predicted octanol–water partition coefficient (Wildman–Crippen LogP) is 3.10. The fourth-order valence-electron chi connectivity index (χ4n) is 1.72. The van der Waals surface area contributed by atoms with E-state index in [-0.39, 0.29) is 5.91 Å². The van der Waals surface area contributed by atoms with Gasteiger partial charge < -0.3 is 14.8 Å². The summed E-state index contributed by atoms with van der Waals surface area (Å²) in [6.45, 7) is 7.22. The monoisotopic (exact) mass is 355 g/mol. The van der Waals surface area contributed by atoms with Crippen molar-refractivity contribution in [1.82, 2.24) is 5.32 Å². The van der Waals surface area contributed by atoms with E-state index < -0.39 is 0 Å². The first-order valence-electron chi connectivity index (χ1n) is 6.84. The minimum Gasteiger partial charge on any atom is -0.496 e. The molecular formula is C16H22BrNO3. The minimum absolute atomic E-state index is 0.0286. The molecule has 21 heavy (non-hydrogen) atoms. The Morgan fingerprint density at radius 3 is 2.81 bits per heavy atom. The SMILES string of the molecule is C=C(C)COCCNC(=O)CCc1ccc(OC)c(Br)c1. The Balaban J connectivity index is 2.23. The number of aryl methyl sites for hydroxylation is 1. The molecule has 1 aromatic rings. The number of rotatable bonds is 9. The van der Waals surface area contributed by atoms with E-state index in [1.165, 1.54) is 0 Å². The van der Waals surface area contributed by atoms with Crippen molar-refractivity contribution in [3.63, 3.8) is 0 Å². The molecule has 0 aliphatic carbocycles. The van der Waals surface area contributed by atoms with Gasteiger partial charge in [-0.2, -0.15) is 0 Å². The summed E-state index contributed by atoms with van der Waals surface area (Å²) in [7, 11) is 1.63. The summed E-state index contributed by atoms with van der Waals surface area (Å²) < 4.78 is 11.4. The van der Waals surface area contributed by atoms with Gasteiger partial charge in [0, 0.05) is 13.0 Å². The van der Waals surface area contributed by atoms with Gasteiger partial charge in [-0.1, -0.05) is 18.2 Å². The molecule has 116 valence electrons. The number of methoxy groups -OCH3 is 1. The van der Waals surface area contributed by atoms with Crippen LogP contribution in [-0.4, -0.2) is 32.8 Å². The van der Waals surface area contributed by atoms with E-state index in [9.17, 15) is 4.79 Å². The zero-order chi connectivity index (χ0) is 15.7. The van der Waals surface area contributed by atoms with E-state index in [1.54, 1.807) is 7.11 Å². The third kappa shape index (κ3) is 7.29. The van der Waals surface area contributed by atoms with Gasteiger partial charge in [-0.05, 0) is 47.0 Å².